The fourth-order valence-electron chi connectivity index (χ4n) is 3.46. The first-order valence-electron chi connectivity index (χ1n) is 8.38. The molecule has 2 aromatic heterocycles. The van der Waals surface area contributed by atoms with E-state index in [1.807, 2.05) is 18.2 Å². The number of nitrogens with zero attached hydrogens (tertiary/aromatic N) is 5. The first-order valence-corrected chi connectivity index (χ1v) is 8.38. The van der Waals surface area contributed by atoms with Gasteiger partial charge in [-0.25, -0.2) is 4.68 Å². The van der Waals surface area contributed by atoms with Gasteiger partial charge in [0.2, 0.25) is 5.91 Å². The second-order valence-corrected chi connectivity index (χ2v) is 6.71. The smallest absolute Gasteiger partial charge is 0.227 e. The van der Waals surface area contributed by atoms with Gasteiger partial charge in [0.15, 0.2) is 0 Å². The molecule has 1 saturated heterocycles. The largest absolute Gasteiger partial charge is 0.386 e. The van der Waals surface area contributed by atoms with Crippen molar-refractivity contribution in [1.82, 2.24) is 30.1 Å². The normalized spacial score (nSPS) is 20.9. The van der Waals surface area contributed by atoms with Crippen molar-refractivity contribution >= 4 is 16.8 Å². The number of hydrogen-bond donors (Lipinski definition) is 2. The highest BCUT2D eigenvalue weighted by atomic mass is 16.3. The molecule has 0 spiro atoms. The average molecular weight is 340 g/mol. The Bertz CT molecular complexity index is 874. The van der Waals surface area contributed by atoms with Crippen molar-refractivity contribution in [2.24, 2.45) is 0 Å². The molecule has 1 aliphatic heterocycles. The quantitative estimate of drug-likeness (QED) is 0.730. The molecule has 130 valence electrons. The summed E-state index contributed by atoms with van der Waals surface area (Å²) in [6, 6.07) is 5.84. The van der Waals surface area contributed by atoms with Crippen LogP contribution in [0.25, 0.3) is 10.9 Å². The topological polar surface area (TPSA) is 99.9 Å². The lowest BCUT2D eigenvalue weighted by Gasteiger charge is -2.39. The minimum Gasteiger partial charge on any atom is -0.386 e. The molecule has 8 heteroatoms. The Labute approximate surface area is 144 Å². The Morgan fingerprint density at radius 2 is 2.32 bits per heavy atom. The number of benzene rings is 1. The van der Waals surface area contributed by atoms with E-state index >= 15 is 0 Å². The van der Waals surface area contributed by atoms with Crippen LogP contribution in [-0.2, 0) is 17.8 Å². The molecule has 8 nitrogen and oxygen atoms in total. The SMILES string of the molecule is O=C(Cc1ccc2[nH]ncc2c1)N1CCCC(O)(Cn2ccnn2)C1. The number of fused-ring (bicyclic) bond motifs is 1. The maximum absolute atomic E-state index is 12.7. The summed E-state index contributed by atoms with van der Waals surface area (Å²) in [5.74, 6) is 0.0274. The molecule has 0 aliphatic carbocycles. The first-order chi connectivity index (χ1) is 12.1. The summed E-state index contributed by atoms with van der Waals surface area (Å²) in [7, 11) is 0. The lowest BCUT2D eigenvalue weighted by atomic mass is 9.92. The molecule has 1 unspecified atom stereocenters. The van der Waals surface area contributed by atoms with Crippen LogP contribution in [0.2, 0.25) is 0 Å². The number of aromatic nitrogens is 5. The number of rotatable bonds is 4. The van der Waals surface area contributed by atoms with Gasteiger partial charge in [0, 0.05) is 18.1 Å². The molecule has 3 heterocycles. The Morgan fingerprint density at radius 1 is 1.40 bits per heavy atom. The van der Waals surface area contributed by atoms with E-state index in [4.69, 9.17) is 0 Å². The number of hydrogen-bond acceptors (Lipinski definition) is 5. The van der Waals surface area contributed by atoms with E-state index in [0.29, 0.717) is 32.5 Å². The van der Waals surface area contributed by atoms with Gasteiger partial charge in [-0.3, -0.25) is 9.89 Å². The molecule has 2 N–H and O–H groups in total. The summed E-state index contributed by atoms with van der Waals surface area (Å²) in [6.45, 7) is 1.34. The molecule has 1 aliphatic rings. The number of amides is 1. The fourth-order valence-corrected chi connectivity index (χ4v) is 3.46. The number of aliphatic hydroxyl groups is 1. The zero-order chi connectivity index (χ0) is 17.3. The molecule has 1 amide bonds. The zero-order valence-corrected chi connectivity index (χ0v) is 13.8. The summed E-state index contributed by atoms with van der Waals surface area (Å²) in [6.07, 6.45) is 6.80. The minimum absolute atomic E-state index is 0.0274. The number of carbonyl (C=O) groups is 1. The average Bonchev–Trinajstić information content (AvgIpc) is 3.25. The lowest BCUT2D eigenvalue weighted by Crippen LogP contribution is -2.52. The van der Waals surface area contributed by atoms with Gasteiger partial charge in [0.1, 0.15) is 5.60 Å². The van der Waals surface area contributed by atoms with Crippen molar-refractivity contribution in [1.29, 1.82) is 0 Å². The second kappa shape index (κ2) is 6.29. The molecule has 1 fully saturated rings. The molecule has 0 saturated carbocycles. The Hall–Kier alpha value is -2.74. The van der Waals surface area contributed by atoms with Gasteiger partial charge in [0.05, 0.1) is 37.4 Å². The van der Waals surface area contributed by atoms with E-state index in [-0.39, 0.29) is 5.91 Å². The van der Waals surface area contributed by atoms with Gasteiger partial charge in [-0.05, 0) is 30.5 Å². The van der Waals surface area contributed by atoms with Gasteiger partial charge in [-0.1, -0.05) is 11.3 Å². The third-order valence-electron chi connectivity index (χ3n) is 4.70. The van der Waals surface area contributed by atoms with Gasteiger partial charge in [-0.15, -0.1) is 5.10 Å². The lowest BCUT2D eigenvalue weighted by molar-refractivity contribution is -0.138. The molecular weight excluding hydrogens is 320 g/mol. The van der Waals surface area contributed by atoms with Gasteiger partial charge in [-0.2, -0.15) is 5.10 Å². The third kappa shape index (κ3) is 3.39. The van der Waals surface area contributed by atoms with Gasteiger partial charge >= 0.3 is 0 Å². The van der Waals surface area contributed by atoms with Crippen molar-refractivity contribution in [3.8, 4) is 0 Å². The third-order valence-corrected chi connectivity index (χ3v) is 4.70. The number of carbonyl (C=O) groups excluding carboxylic acids is 1. The summed E-state index contributed by atoms with van der Waals surface area (Å²) >= 11 is 0. The molecule has 0 bridgehead atoms. The number of β-amino-alcohol motifs (C(OH)–C–C–N with tert-alkyl or cyclic N) is 1. The van der Waals surface area contributed by atoms with Crippen molar-refractivity contribution in [3.05, 3.63) is 42.4 Å². The van der Waals surface area contributed by atoms with Crippen LogP contribution in [-0.4, -0.2) is 59.8 Å². The van der Waals surface area contributed by atoms with Crippen molar-refractivity contribution in [2.45, 2.75) is 31.4 Å². The van der Waals surface area contributed by atoms with E-state index < -0.39 is 5.60 Å². The van der Waals surface area contributed by atoms with Crippen molar-refractivity contribution in [3.63, 3.8) is 0 Å². The predicted octanol–water partition coefficient (Wildman–Crippen LogP) is 0.751. The number of nitrogens with one attached hydrogen (secondary N) is 1. The maximum atomic E-state index is 12.7. The Morgan fingerprint density at radius 3 is 3.16 bits per heavy atom. The molecule has 1 atom stereocenters. The fraction of sp³-hybridized carbons (Fsp3) is 0.412. The van der Waals surface area contributed by atoms with Gasteiger partial charge < -0.3 is 10.0 Å². The van der Waals surface area contributed by atoms with Crippen LogP contribution in [0.4, 0.5) is 0 Å². The first kappa shape index (κ1) is 15.8. The highest BCUT2D eigenvalue weighted by Gasteiger charge is 2.35. The Balaban J connectivity index is 1.44. The highest BCUT2D eigenvalue weighted by Crippen LogP contribution is 2.24. The highest BCUT2D eigenvalue weighted by molar-refractivity contribution is 5.83. The molecule has 0 radical (unpaired) electrons. The summed E-state index contributed by atoms with van der Waals surface area (Å²) in [4.78, 5) is 14.4. The molecular formula is C17H20N6O2. The number of H-pyrrole nitrogens is 1. The summed E-state index contributed by atoms with van der Waals surface area (Å²) < 4.78 is 1.61. The van der Waals surface area contributed by atoms with E-state index in [2.05, 4.69) is 20.5 Å². The van der Waals surface area contributed by atoms with Crippen LogP contribution in [0.3, 0.4) is 0 Å². The maximum Gasteiger partial charge on any atom is 0.227 e. The predicted molar refractivity (Wildman–Crippen MR) is 90.6 cm³/mol. The van der Waals surface area contributed by atoms with E-state index in [1.165, 1.54) is 0 Å². The summed E-state index contributed by atoms with van der Waals surface area (Å²) in [5.41, 5.74) is 0.941. The zero-order valence-electron chi connectivity index (χ0n) is 13.8. The monoisotopic (exact) mass is 340 g/mol. The molecule has 1 aromatic carbocycles. The van der Waals surface area contributed by atoms with Crippen LogP contribution >= 0.6 is 0 Å². The van der Waals surface area contributed by atoms with Crippen molar-refractivity contribution in [2.75, 3.05) is 13.1 Å². The molecule has 3 aromatic rings. The second-order valence-electron chi connectivity index (χ2n) is 6.71. The molecule has 25 heavy (non-hydrogen) atoms. The minimum atomic E-state index is -0.962. The number of piperidine rings is 1. The van der Waals surface area contributed by atoms with Crippen LogP contribution in [0.15, 0.2) is 36.8 Å². The van der Waals surface area contributed by atoms with Crippen LogP contribution < -0.4 is 0 Å². The number of likely N-dealkylation sites (tertiary alicyclic amines) is 1. The molecule has 4 rings (SSSR count). The van der Waals surface area contributed by atoms with E-state index in [1.54, 1.807) is 28.2 Å². The Kier molecular flexibility index (Phi) is 3.96. The van der Waals surface area contributed by atoms with E-state index in [0.717, 1.165) is 22.9 Å². The van der Waals surface area contributed by atoms with E-state index in [9.17, 15) is 9.90 Å². The standard InChI is InChI=1S/C17H20N6O2/c24-16(9-13-2-3-15-14(8-13)10-19-20-15)22-6-1-4-17(25,11-22)12-23-7-5-18-21-23/h2-3,5,7-8,10,25H,1,4,6,9,11-12H2,(H,19,20). The van der Waals surface area contributed by atoms with Crippen LogP contribution in [0, 0.1) is 0 Å². The summed E-state index contributed by atoms with van der Waals surface area (Å²) in [5, 5.41) is 26.4. The van der Waals surface area contributed by atoms with Crippen LogP contribution in [0.1, 0.15) is 18.4 Å². The van der Waals surface area contributed by atoms with Crippen molar-refractivity contribution < 1.29 is 9.90 Å². The number of aromatic amines is 1. The van der Waals surface area contributed by atoms with Gasteiger partial charge in [0.25, 0.3) is 0 Å². The van der Waals surface area contributed by atoms with Crippen LogP contribution in [0.5, 0.6) is 0 Å².